The van der Waals surface area contributed by atoms with Crippen LogP contribution >= 0.6 is 22.9 Å². The zero-order valence-electron chi connectivity index (χ0n) is 13.9. The first-order chi connectivity index (χ1) is 13.0. The van der Waals surface area contributed by atoms with Gasteiger partial charge in [-0.15, -0.1) is 11.3 Å². The molecule has 2 amide bonds. The van der Waals surface area contributed by atoms with E-state index in [2.05, 4.69) is 15.7 Å². The van der Waals surface area contributed by atoms with Crippen LogP contribution in [0.3, 0.4) is 0 Å². The maximum Gasteiger partial charge on any atom is 0.338 e. The van der Waals surface area contributed by atoms with Gasteiger partial charge in [0.05, 0.1) is 22.3 Å². The molecule has 1 aliphatic heterocycles. The molecule has 1 aliphatic rings. The molecule has 0 aliphatic carbocycles. The summed E-state index contributed by atoms with van der Waals surface area (Å²) in [6.07, 6.45) is 0. The van der Waals surface area contributed by atoms with Gasteiger partial charge < -0.3 is 10.4 Å². The molecule has 0 saturated carbocycles. The highest BCUT2D eigenvalue weighted by molar-refractivity contribution is 7.19. The first-order valence-electron chi connectivity index (χ1n) is 7.99. The number of carbonyl (C=O) groups is 1. The van der Waals surface area contributed by atoms with E-state index in [0.29, 0.717) is 21.3 Å². The number of hydrogen-bond donors (Lipinski definition) is 4. The zero-order valence-corrected chi connectivity index (χ0v) is 15.4. The van der Waals surface area contributed by atoms with E-state index in [1.807, 2.05) is 24.3 Å². The second kappa shape index (κ2) is 6.90. The molecule has 7 nitrogen and oxygen atoms in total. The van der Waals surface area contributed by atoms with Crippen LogP contribution in [0.15, 0.2) is 54.3 Å². The standard InChI is InChI=1S/C18H14ClN5O2S/c19-10-5-7-11(8-6-10)21-18(26)23-24-9-13(25)15(16(24)20)17-22-12-3-1-2-4-14(12)27-17/h1-8,20,25H,9H2,(H2,21,23,26). The minimum atomic E-state index is -0.527. The molecule has 0 radical (unpaired) electrons. The van der Waals surface area contributed by atoms with E-state index in [-0.39, 0.29) is 18.1 Å². The molecule has 2 heterocycles. The lowest BCUT2D eigenvalue weighted by Crippen LogP contribution is -2.45. The molecule has 4 rings (SSSR count). The van der Waals surface area contributed by atoms with Crippen molar-refractivity contribution in [3.8, 4) is 0 Å². The maximum atomic E-state index is 12.2. The van der Waals surface area contributed by atoms with Crippen LogP contribution in [0, 0.1) is 5.41 Å². The molecule has 0 bridgehead atoms. The van der Waals surface area contributed by atoms with Crippen LogP contribution in [0.25, 0.3) is 15.8 Å². The van der Waals surface area contributed by atoms with Crippen molar-refractivity contribution >= 4 is 56.3 Å². The summed E-state index contributed by atoms with van der Waals surface area (Å²) < 4.78 is 0.965. The SMILES string of the molecule is N=C1C(c2nc3ccccc3s2)=C(O)CN1NC(=O)Nc1ccc(Cl)cc1. The predicted octanol–water partition coefficient (Wildman–Crippen LogP) is 4.25. The second-order valence-electron chi connectivity index (χ2n) is 5.82. The lowest BCUT2D eigenvalue weighted by atomic mass is 10.2. The Morgan fingerprint density at radius 2 is 1.96 bits per heavy atom. The number of carbonyl (C=O) groups excluding carboxylic acids is 1. The van der Waals surface area contributed by atoms with Gasteiger partial charge in [0.1, 0.15) is 10.8 Å². The topological polar surface area (TPSA) is 101 Å². The number of hydrazine groups is 1. The number of amidine groups is 1. The first kappa shape index (κ1) is 17.3. The highest BCUT2D eigenvalue weighted by Gasteiger charge is 2.31. The number of halogens is 1. The summed E-state index contributed by atoms with van der Waals surface area (Å²) in [5.41, 5.74) is 4.24. The summed E-state index contributed by atoms with van der Waals surface area (Å²) in [5.74, 6) is -0.0244. The molecule has 136 valence electrons. The molecule has 3 aromatic rings. The van der Waals surface area contributed by atoms with Gasteiger partial charge in [-0.1, -0.05) is 23.7 Å². The average molecular weight is 400 g/mol. The van der Waals surface area contributed by atoms with Gasteiger partial charge in [0, 0.05) is 10.7 Å². The monoisotopic (exact) mass is 399 g/mol. The number of aliphatic hydroxyl groups excluding tert-OH is 1. The number of anilines is 1. The van der Waals surface area contributed by atoms with Gasteiger partial charge in [-0.3, -0.25) is 10.4 Å². The molecule has 0 saturated heterocycles. The van der Waals surface area contributed by atoms with Gasteiger partial charge in [-0.05, 0) is 36.4 Å². The van der Waals surface area contributed by atoms with Crippen molar-refractivity contribution in [3.05, 3.63) is 64.3 Å². The Balaban J connectivity index is 1.48. The molecule has 1 aromatic heterocycles. The van der Waals surface area contributed by atoms with Gasteiger partial charge >= 0.3 is 6.03 Å². The number of hydrogen-bond acceptors (Lipinski definition) is 5. The van der Waals surface area contributed by atoms with Crippen molar-refractivity contribution in [1.82, 2.24) is 15.4 Å². The van der Waals surface area contributed by atoms with E-state index in [1.54, 1.807) is 24.3 Å². The van der Waals surface area contributed by atoms with Crippen molar-refractivity contribution in [1.29, 1.82) is 5.41 Å². The number of nitrogens with zero attached hydrogens (tertiary/aromatic N) is 2. The summed E-state index contributed by atoms with van der Waals surface area (Å²) in [7, 11) is 0. The van der Waals surface area contributed by atoms with E-state index >= 15 is 0 Å². The van der Waals surface area contributed by atoms with Gasteiger partial charge in [-0.25, -0.2) is 15.2 Å². The normalized spacial score (nSPS) is 14.1. The molecule has 0 unspecified atom stereocenters. The Labute approximate surface area is 163 Å². The molecule has 27 heavy (non-hydrogen) atoms. The fourth-order valence-electron chi connectivity index (χ4n) is 2.69. The summed E-state index contributed by atoms with van der Waals surface area (Å²) in [5, 5.41) is 23.7. The summed E-state index contributed by atoms with van der Waals surface area (Å²) in [6, 6.07) is 13.7. The quantitative estimate of drug-likeness (QED) is 0.528. The van der Waals surface area contributed by atoms with Crippen LogP contribution in [0.4, 0.5) is 10.5 Å². The first-order valence-corrected chi connectivity index (χ1v) is 9.18. The van der Waals surface area contributed by atoms with Gasteiger partial charge in [0.15, 0.2) is 5.84 Å². The lowest BCUT2D eigenvalue weighted by Gasteiger charge is -2.19. The maximum absolute atomic E-state index is 12.2. The van der Waals surface area contributed by atoms with Crippen molar-refractivity contribution < 1.29 is 9.90 Å². The Bertz CT molecular complexity index is 1040. The Morgan fingerprint density at radius 3 is 2.70 bits per heavy atom. The molecule has 0 spiro atoms. The third-order valence-electron chi connectivity index (χ3n) is 3.95. The molecule has 0 fully saturated rings. The number of aliphatic hydroxyl groups is 1. The zero-order chi connectivity index (χ0) is 19.0. The number of thiazole rings is 1. The third-order valence-corrected chi connectivity index (χ3v) is 5.26. The molecule has 0 atom stereocenters. The number of amides is 2. The molecule has 9 heteroatoms. The van der Waals surface area contributed by atoms with E-state index in [4.69, 9.17) is 17.0 Å². The van der Waals surface area contributed by atoms with Crippen LogP contribution in [0.5, 0.6) is 0 Å². The molecular formula is C18H14ClN5O2S. The number of fused-ring (bicyclic) bond motifs is 1. The minimum absolute atomic E-state index is 0.00186. The number of benzene rings is 2. The summed E-state index contributed by atoms with van der Waals surface area (Å²) in [6.45, 7) is -0.00186. The fraction of sp³-hybridized carbons (Fsp3) is 0.0556. The van der Waals surface area contributed by atoms with E-state index in [0.717, 1.165) is 10.2 Å². The molecule has 4 N–H and O–H groups in total. The van der Waals surface area contributed by atoms with E-state index in [1.165, 1.54) is 16.3 Å². The number of rotatable bonds is 3. The van der Waals surface area contributed by atoms with Crippen LogP contribution in [0.1, 0.15) is 5.01 Å². The van der Waals surface area contributed by atoms with Crippen molar-refractivity contribution in [2.45, 2.75) is 0 Å². The number of urea groups is 1. The average Bonchev–Trinajstić information content (AvgIpc) is 3.17. The number of nitrogens with one attached hydrogen (secondary N) is 3. The Morgan fingerprint density at radius 1 is 1.22 bits per heavy atom. The van der Waals surface area contributed by atoms with Gasteiger partial charge in [-0.2, -0.15) is 0 Å². The van der Waals surface area contributed by atoms with Gasteiger partial charge in [0.2, 0.25) is 0 Å². The smallest absolute Gasteiger partial charge is 0.338 e. The highest BCUT2D eigenvalue weighted by atomic mass is 35.5. The second-order valence-corrected chi connectivity index (χ2v) is 7.28. The van der Waals surface area contributed by atoms with Crippen molar-refractivity contribution in [2.75, 3.05) is 11.9 Å². The lowest BCUT2D eigenvalue weighted by molar-refractivity contribution is 0.228. The number of aromatic nitrogens is 1. The molecule has 2 aromatic carbocycles. The van der Waals surface area contributed by atoms with Crippen LogP contribution in [0.2, 0.25) is 5.02 Å². The fourth-order valence-corrected chi connectivity index (χ4v) is 3.85. The predicted molar refractivity (Wildman–Crippen MR) is 107 cm³/mol. The van der Waals surface area contributed by atoms with Crippen LogP contribution < -0.4 is 10.7 Å². The number of para-hydroxylation sites is 1. The van der Waals surface area contributed by atoms with E-state index in [9.17, 15) is 9.90 Å². The molecular weight excluding hydrogens is 386 g/mol. The largest absolute Gasteiger partial charge is 0.509 e. The van der Waals surface area contributed by atoms with Crippen LogP contribution in [-0.4, -0.2) is 33.5 Å². The Kier molecular flexibility index (Phi) is 4.43. The van der Waals surface area contributed by atoms with E-state index < -0.39 is 6.03 Å². The highest BCUT2D eigenvalue weighted by Crippen LogP contribution is 2.32. The van der Waals surface area contributed by atoms with Crippen LogP contribution in [-0.2, 0) is 0 Å². The summed E-state index contributed by atoms with van der Waals surface area (Å²) >= 11 is 7.21. The minimum Gasteiger partial charge on any atom is -0.509 e. The Hall–Kier alpha value is -3.10. The van der Waals surface area contributed by atoms with Crippen molar-refractivity contribution in [3.63, 3.8) is 0 Å². The summed E-state index contributed by atoms with van der Waals surface area (Å²) in [4.78, 5) is 16.7. The van der Waals surface area contributed by atoms with Crippen molar-refractivity contribution in [2.24, 2.45) is 0 Å². The van der Waals surface area contributed by atoms with Gasteiger partial charge in [0.25, 0.3) is 0 Å². The third kappa shape index (κ3) is 3.44.